The summed E-state index contributed by atoms with van der Waals surface area (Å²) in [7, 11) is 0. The smallest absolute Gasteiger partial charge is 0.185 e. The molecule has 0 saturated heterocycles. The van der Waals surface area contributed by atoms with Crippen LogP contribution in [0.5, 0.6) is 11.5 Å². The van der Waals surface area contributed by atoms with E-state index in [1.54, 1.807) is 60.7 Å². The van der Waals surface area contributed by atoms with Gasteiger partial charge in [0.1, 0.15) is 24.7 Å². The summed E-state index contributed by atoms with van der Waals surface area (Å²) in [6, 6.07) is 28.6. The van der Waals surface area contributed by atoms with Crippen LogP contribution < -0.4 is 20.9 Å². The minimum atomic E-state index is -0.0850. The van der Waals surface area contributed by atoms with Gasteiger partial charge < -0.3 is 20.9 Å². The molecular formula is C32H28N2O4. The predicted molar refractivity (Wildman–Crippen MR) is 152 cm³/mol. The SMILES string of the molecule is Nc1ccc(C(=O)/C=C/c2ccc(OCCOc3ccc(/C=C/C(=O)c4ccc(N)cc4)cc3)cc2)cc1. The second-order valence-corrected chi connectivity index (χ2v) is 8.47. The van der Waals surface area contributed by atoms with Crippen molar-refractivity contribution in [2.75, 3.05) is 24.7 Å². The lowest BCUT2D eigenvalue weighted by atomic mass is 10.1. The molecule has 4 aromatic rings. The number of nitrogens with two attached hydrogens (primary N) is 2. The second-order valence-electron chi connectivity index (χ2n) is 8.47. The molecule has 190 valence electrons. The lowest BCUT2D eigenvalue weighted by Crippen LogP contribution is -2.08. The number of ether oxygens (including phenoxy) is 2. The maximum absolute atomic E-state index is 12.2. The molecule has 0 spiro atoms. The van der Waals surface area contributed by atoms with Crippen LogP contribution in [0, 0.1) is 0 Å². The molecule has 0 heterocycles. The number of benzene rings is 4. The Bertz CT molecular complexity index is 1310. The van der Waals surface area contributed by atoms with Crippen molar-refractivity contribution in [3.8, 4) is 11.5 Å². The molecular weight excluding hydrogens is 476 g/mol. The van der Waals surface area contributed by atoms with Gasteiger partial charge in [-0.3, -0.25) is 9.59 Å². The minimum Gasteiger partial charge on any atom is -0.490 e. The van der Waals surface area contributed by atoms with E-state index in [-0.39, 0.29) is 11.6 Å². The summed E-state index contributed by atoms with van der Waals surface area (Å²) < 4.78 is 11.5. The number of rotatable bonds is 11. The fourth-order valence-corrected chi connectivity index (χ4v) is 3.50. The Balaban J connectivity index is 1.19. The van der Waals surface area contributed by atoms with Gasteiger partial charge in [0.05, 0.1) is 0 Å². The zero-order chi connectivity index (χ0) is 26.7. The fourth-order valence-electron chi connectivity index (χ4n) is 3.50. The Labute approximate surface area is 221 Å². The molecule has 0 aliphatic carbocycles. The average Bonchev–Trinajstić information content (AvgIpc) is 2.95. The van der Waals surface area contributed by atoms with Crippen LogP contribution in [0.3, 0.4) is 0 Å². The van der Waals surface area contributed by atoms with E-state index in [9.17, 15) is 9.59 Å². The molecule has 0 aromatic heterocycles. The van der Waals surface area contributed by atoms with E-state index in [2.05, 4.69) is 0 Å². The van der Waals surface area contributed by atoms with E-state index >= 15 is 0 Å². The summed E-state index contributed by atoms with van der Waals surface area (Å²) in [5.41, 5.74) is 15.5. The zero-order valence-electron chi connectivity index (χ0n) is 20.7. The van der Waals surface area contributed by atoms with Gasteiger partial charge in [-0.1, -0.05) is 36.4 Å². The van der Waals surface area contributed by atoms with Crippen LogP contribution in [0.2, 0.25) is 0 Å². The Morgan fingerprint density at radius 2 is 0.868 bits per heavy atom. The Morgan fingerprint density at radius 3 is 1.21 bits per heavy atom. The molecule has 0 bridgehead atoms. The lowest BCUT2D eigenvalue weighted by Gasteiger charge is -2.09. The van der Waals surface area contributed by atoms with Gasteiger partial charge >= 0.3 is 0 Å². The number of hydrogen-bond donors (Lipinski definition) is 2. The molecule has 6 nitrogen and oxygen atoms in total. The lowest BCUT2D eigenvalue weighted by molar-refractivity contribution is 0.103. The van der Waals surface area contributed by atoms with Crippen molar-refractivity contribution < 1.29 is 19.1 Å². The molecule has 0 fully saturated rings. The van der Waals surface area contributed by atoms with E-state index < -0.39 is 0 Å². The minimum absolute atomic E-state index is 0.0850. The molecule has 0 atom stereocenters. The first kappa shape index (κ1) is 26.0. The summed E-state index contributed by atoms with van der Waals surface area (Å²) >= 11 is 0. The molecule has 0 saturated carbocycles. The summed E-state index contributed by atoms with van der Waals surface area (Å²) in [6.07, 6.45) is 6.60. The van der Waals surface area contributed by atoms with Crippen LogP contribution in [-0.2, 0) is 0 Å². The van der Waals surface area contributed by atoms with Gasteiger partial charge in [0.2, 0.25) is 0 Å². The van der Waals surface area contributed by atoms with Gasteiger partial charge in [0.15, 0.2) is 11.6 Å². The van der Waals surface area contributed by atoms with Gasteiger partial charge in [-0.2, -0.15) is 0 Å². The average molecular weight is 505 g/mol. The highest BCUT2D eigenvalue weighted by molar-refractivity contribution is 6.07. The molecule has 4 rings (SSSR count). The highest BCUT2D eigenvalue weighted by atomic mass is 16.5. The van der Waals surface area contributed by atoms with Crippen LogP contribution in [0.25, 0.3) is 12.2 Å². The number of anilines is 2. The maximum Gasteiger partial charge on any atom is 0.185 e. The molecule has 0 amide bonds. The zero-order valence-corrected chi connectivity index (χ0v) is 20.7. The monoisotopic (exact) mass is 504 g/mol. The van der Waals surface area contributed by atoms with E-state index in [1.165, 1.54) is 12.2 Å². The standard InChI is InChI=1S/C32H28N2O4/c33-27-11-7-25(8-12-27)31(35)19-5-23-1-15-29(16-2-23)37-21-22-38-30-17-3-24(4-18-30)6-20-32(36)26-9-13-28(34)14-10-26/h1-20H,21-22,33-34H2/b19-5+,20-6+. The van der Waals surface area contributed by atoms with E-state index in [0.717, 1.165) is 11.1 Å². The van der Waals surface area contributed by atoms with Crippen molar-refractivity contribution in [1.82, 2.24) is 0 Å². The van der Waals surface area contributed by atoms with E-state index in [0.29, 0.717) is 47.2 Å². The number of carbonyl (C=O) groups is 2. The molecule has 6 heteroatoms. The highest BCUT2D eigenvalue weighted by Crippen LogP contribution is 2.16. The number of nitrogen functional groups attached to an aromatic ring is 2. The van der Waals surface area contributed by atoms with E-state index in [1.807, 2.05) is 48.5 Å². The molecule has 0 aliphatic heterocycles. The summed E-state index contributed by atoms with van der Waals surface area (Å²) in [4.78, 5) is 24.5. The largest absolute Gasteiger partial charge is 0.490 e. The van der Waals surface area contributed by atoms with Crippen LogP contribution in [0.4, 0.5) is 11.4 Å². The predicted octanol–water partition coefficient (Wildman–Crippen LogP) is 6.10. The first-order valence-electron chi connectivity index (χ1n) is 12.1. The van der Waals surface area contributed by atoms with Crippen LogP contribution in [-0.4, -0.2) is 24.8 Å². The molecule has 0 unspecified atom stereocenters. The number of allylic oxidation sites excluding steroid dienone is 2. The first-order chi connectivity index (χ1) is 18.5. The Hall–Kier alpha value is -5.10. The molecule has 4 aromatic carbocycles. The molecule has 0 aliphatic rings. The number of ketones is 2. The van der Waals surface area contributed by atoms with E-state index in [4.69, 9.17) is 20.9 Å². The van der Waals surface area contributed by atoms with Crippen molar-refractivity contribution >= 4 is 35.1 Å². The van der Waals surface area contributed by atoms with Crippen molar-refractivity contribution in [2.45, 2.75) is 0 Å². The molecule has 38 heavy (non-hydrogen) atoms. The van der Waals surface area contributed by atoms with Gasteiger partial charge in [-0.05, 0) is 96.1 Å². The van der Waals surface area contributed by atoms with Crippen molar-refractivity contribution in [1.29, 1.82) is 0 Å². The first-order valence-corrected chi connectivity index (χ1v) is 12.1. The summed E-state index contributed by atoms with van der Waals surface area (Å²) in [6.45, 7) is 0.755. The third-order valence-corrected chi connectivity index (χ3v) is 5.63. The van der Waals surface area contributed by atoms with Crippen LogP contribution >= 0.6 is 0 Å². The van der Waals surface area contributed by atoms with Gasteiger partial charge in [0.25, 0.3) is 0 Å². The van der Waals surface area contributed by atoms with Gasteiger partial charge in [-0.15, -0.1) is 0 Å². The second kappa shape index (κ2) is 12.7. The van der Waals surface area contributed by atoms with Crippen LogP contribution in [0.1, 0.15) is 31.8 Å². The van der Waals surface area contributed by atoms with Crippen molar-refractivity contribution in [3.63, 3.8) is 0 Å². The number of carbonyl (C=O) groups excluding carboxylic acids is 2. The highest BCUT2D eigenvalue weighted by Gasteiger charge is 2.03. The molecule has 4 N–H and O–H groups in total. The Kier molecular flexibility index (Phi) is 8.71. The van der Waals surface area contributed by atoms with Crippen molar-refractivity contribution in [3.05, 3.63) is 131 Å². The van der Waals surface area contributed by atoms with Crippen molar-refractivity contribution in [2.24, 2.45) is 0 Å². The normalized spacial score (nSPS) is 11.1. The molecule has 0 radical (unpaired) electrons. The van der Waals surface area contributed by atoms with Crippen LogP contribution in [0.15, 0.2) is 109 Å². The maximum atomic E-state index is 12.2. The summed E-state index contributed by atoms with van der Waals surface area (Å²) in [5.74, 6) is 1.25. The third-order valence-electron chi connectivity index (χ3n) is 5.63. The van der Waals surface area contributed by atoms with Gasteiger partial charge in [0, 0.05) is 22.5 Å². The quantitative estimate of drug-likeness (QED) is 0.111. The topological polar surface area (TPSA) is 105 Å². The summed E-state index contributed by atoms with van der Waals surface area (Å²) in [5, 5.41) is 0. The Morgan fingerprint density at radius 1 is 0.526 bits per heavy atom. The number of hydrogen-bond acceptors (Lipinski definition) is 6. The van der Waals surface area contributed by atoms with Gasteiger partial charge in [-0.25, -0.2) is 0 Å². The third kappa shape index (κ3) is 7.70. The fraction of sp³-hybridized carbons (Fsp3) is 0.0625.